The zero-order valence-corrected chi connectivity index (χ0v) is 15.4. The van der Waals surface area contributed by atoms with E-state index in [2.05, 4.69) is 67.6 Å². The third-order valence-corrected chi connectivity index (χ3v) is 5.50. The summed E-state index contributed by atoms with van der Waals surface area (Å²) in [5, 5.41) is 12.7. The van der Waals surface area contributed by atoms with Crippen molar-refractivity contribution in [1.29, 1.82) is 0 Å². The first-order valence-corrected chi connectivity index (χ1v) is 9.05. The number of nitrogens with one attached hydrogen (secondary N) is 1. The highest BCUT2D eigenvalue weighted by Crippen LogP contribution is 2.31. The molecule has 24 heavy (non-hydrogen) atoms. The van der Waals surface area contributed by atoms with Crippen LogP contribution in [0.25, 0.3) is 10.6 Å². The lowest BCUT2D eigenvalue weighted by molar-refractivity contribution is 0.529. The minimum Gasteiger partial charge on any atom is -0.304 e. The third kappa shape index (κ3) is 3.55. The van der Waals surface area contributed by atoms with Crippen LogP contribution in [0.3, 0.4) is 0 Å². The van der Waals surface area contributed by atoms with Crippen molar-refractivity contribution in [2.24, 2.45) is 0 Å². The molecular weight excluding hydrogens is 318 g/mol. The van der Waals surface area contributed by atoms with Crippen LogP contribution in [0.1, 0.15) is 41.7 Å². The highest BCUT2D eigenvalue weighted by Gasteiger charge is 2.15. The molecule has 0 aliphatic heterocycles. The lowest BCUT2D eigenvalue weighted by atomic mass is 10.2. The summed E-state index contributed by atoms with van der Waals surface area (Å²) in [6.07, 6.45) is 1.82. The van der Waals surface area contributed by atoms with Crippen LogP contribution in [-0.4, -0.2) is 20.0 Å². The molecule has 0 amide bonds. The van der Waals surface area contributed by atoms with Crippen molar-refractivity contribution in [3.05, 3.63) is 52.3 Å². The van der Waals surface area contributed by atoms with Gasteiger partial charge in [-0.2, -0.15) is 0 Å². The fourth-order valence-corrected chi connectivity index (χ4v) is 3.76. The van der Waals surface area contributed by atoms with Crippen LogP contribution in [0, 0.1) is 13.8 Å². The molecular formula is C18H23N5S. The second-order valence-electron chi connectivity index (χ2n) is 5.98. The largest absolute Gasteiger partial charge is 0.304 e. The average Bonchev–Trinajstić information content (AvgIpc) is 3.19. The Kier molecular flexibility index (Phi) is 5.06. The van der Waals surface area contributed by atoms with Crippen molar-refractivity contribution >= 4 is 11.3 Å². The first kappa shape index (κ1) is 16.8. The first-order chi connectivity index (χ1) is 11.6. The zero-order valence-electron chi connectivity index (χ0n) is 14.6. The highest BCUT2D eigenvalue weighted by molar-refractivity contribution is 7.15. The van der Waals surface area contributed by atoms with Gasteiger partial charge in [0.05, 0.1) is 17.6 Å². The molecule has 0 aliphatic rings. The van der Waals surface area contributed by atoms with Gasteiger partial charge in [0.1, 0.15) is 5.01 Å². The number of rotatable bonds is 6. The van der Waals surface area contributed by atoms with E-state index in [1.807, 2.05) is 10.9 Å². The fourth-order valence-electron chi connectivity index (χ4n) is 2.66. The molecule has 2 heterocycles. The van der Waals surface area contributed by atoms with Gasteiger partial charge in [0.2, 0.25) is 0 Å². The van der Waals surface area contributed by atoms with Crippen LogP contribution < -0.4 is 5.32 Å². The van der Waals surface area contributed by atoms with E-state index in [9.17, 15) is 0 Å². The standard InChI is InChI=1S/C18H23N5S/c1-5-23-16(11-20-22-23)10-19-13(3)17-14(4)21-18(24-17)15-8-6-12(2)7-9-15/h6-9,11,13,19H,5,10H2,1-4H3. The van der Waals surface area contributed by atoms with Gasteiger partial charge in [-0.15, -0.1) is 16.4 Å². The molecule has 6 heteroatoms. The molecule has 0 saturated heterocycles. The van der Waals surface area contributed by atoms with Gasteiger partial charge in [-0.05, 0) is 27.7 Å². The van der Waals surface area contributed by atoms with Crippen molar-refractivity contribution in [1.82, 2.24) is 25.3 Å². The van der Waals surface area contributed by atoms with Crippen molar-refractivity contribution < 1.29 is 0 Å². The molecule has 0 fully saturated rings. The van der Waals surface area contributed by atoms with E-state index in [-0.39, 0.29) is 6.04 Å². The maximum Gasteiger partial charge on any atom is 0.123 e. The summed E-state index contributed by atoms with van der Waals surface area (Å²) in [7, 11) is 0. The molecule has 1 aromatic carbocycles. The molecule has 0 bridgehead atoms. The van der Waals surface area contributed by atoms with Crippen molar-refractivity contribution in [2.75, 3.05) is 0 Å². The van der Waals surface area contributed by atoms with Crippen molar-refractivity contribution in [3.8, 4) is 10.6 Å². The molecule has 3 aromatic rings. The summed E-state index contributed by atoms with van der Waals surface area (Å²) in [5.74, 6) is 0. The summed E-state index contributed by atoms with van der Waals surface area (Å²) in [6.45, 7) is 10.0. The summed E-state index contributed by atoms with van der Waals surface area (Å²) >= 11 is 1.76. The summed E-state index contributed by atoms with van der Waals surface area (Å²) in [4.78, 5) is 6.04. The Morgan fingerprint density at radius 3 is 2.67 bits per heavy atom. The Balaban J connectivity index is 1.73. The molecule has 3 rings (SSSR count). The molecule has 2 aromatic heterocycles. The SMILES string of the molecule is CCn1nncc1CNC(C)c1sc(-c2ccc(C)cc2)nc1C. The molecule has 126 valence electrons. The number of benzene rings is 1. The van der Waals surface area contributed by atoms with Gasteiger partial charge in [-0.3, -0.25) is 0 Å². The predicted octanol–water partition coefficient (Wildman–Crippen LogP) is 3.89. The first-order valence-electron chi connectivity index (χ1n) is 8.23. The van der Waals surface area contributed by atoms with E-state index in [1.54, 1.807) is 11.3 Å². The highest BCUT2D eigenvalue weighted by atomic mass is 32.1. The van der Waals surface area contributed by atoms with Crippen LogP contribution in [0.5, 0.6) is 0 Å². The van der Waals surface area contributed by atoms with E-state index >= 15 is 0 Å². The van der Waals surface area contributed by atoms with Crippen LogP contribution in [0.2, 0.25) is 0 Å². The van der Waals surface area contributed by atoms with Gasteiger partial charge >= 0.3 is 0 Å². The summed E-state index contributed by atoms with van der Waals surface area (Å²) < 4.78 is 1.91. The number of hydrogen-bond donors (Lipinski definition) is 1. The van der Waals surface area contributed by atoms with Gasteiger partial charge in [0.15, 0.2) is 0 Å². The Labute approximate surface area is 146 Å². The van der Waals surface area contributed by atoms with Gasteiger partial charge in [0, 0.05) is 29.6 Å². The molecule has 0 saturated carbocycles. The van der Waals surface area contributed by atoms with E-state index in [0.717, 1.165) is 29.5 Å². The quantitative estimate of drug-likeness (QED) is 0.739. The monoisotopic (exact) mass is 341 g/mol. The average molecular weight is 341 g/mol. The zero-order chi connectivity index (χ0) is 17.1. The summed E-state index contributed by atoms with van der Waals surface area (Å²) in [5.41, 5.74) is 4.65. The second kappa shape index (κ2) is 7.23. The van der Waals surface area contributed by atoms with E-state index < -0.39 is 0 Å². The van der Waals surface area contributed by atoms with Gasteiger partial charge in [0.25, 0.3) is 0 Å². The molecule has 0 spiro atoms. The lowest BCUT2D eigenvalue weighted by Gasteiger charge is -2.13. The fraction of sp³-hybridized carbons (Fsp3) is 0.389. The smallest absolute Gasteiger partial charge is 0.123 e. The van der Waals surface area contributed by atoms with Crippen LogP contribution in [-0.2, 0) is 13.1 Å². The molecule has 5 nitrogen and oxygen atoms in total. The third-order valence-electron chi connectivity index (χ3n) is 4.11. The number of aryl methyl sites for hydroxylation is 3. The molecule has 0 radical (unpaired) electrons. The summed E-state index contributed by atoms with van der Waals surface area (Å²) in [6, 6.07) is 8.78. The van der Waals surface area contributed by atoms with Crippen LogP contribution in [0.4, 0.5) is 0 Å². The molecule has 1 atom stereocenters. The Morgan fingerprint density at radius 2 is 1.96 bits per heavy atom. The minimum absolute atomic E-state index is 0.238. The second-order valence-corrected chi connectivity index (χ2v) is 7.01. The van der Waals surface area contributed by atoms with Crippen molar-refractivity contribution in [3.63, 3.8) is 0 Å². The Morgan fingerprint density at radius 1 is 1.21 bits per heavy atom. The number of thiazole rings is 1. The lowest BCUT2D eigenvalue weighted by Crippen LogP contribution is -2.20. The predicted molar refractivity (Wildman–Crippen MR) is 98.0 cm³/mol. The van der Waals surface area contributed by atoms with E-state index in [1.165, 1.54) is 16.0 Å². The Bertz CT molecular complexity index is 803. The molecule has 0 aliphatic carbocycles. The molecule has 1 N–H and O–H groups in total. The van der Waals surface area contributed by atoms with E-state index in [0.29, 0.717) is 0 Å². The van der Waals surface area contributed by atoms with Crippen LogP contribution in [0.15, 0.2) is 30.5 Å². The minimum atomic E-state index is 0.238. The number of aromatic nitrogens is 4. The maximum atomic E-state index is 4.76. The van der Waals surface area contributed by atoms with E-state index in [4.69, 9.17) is 4.98 Å². The maximum absolute atomic E-state index is 4.76. The van der Waals surface area contributed by atoms with Gasteiger partial charge in [-0.25, -0.2) is 9.67 Å². The van der Waals surface area contributed by atoms with Gasteiger partial charge < -0.3 is 5.32 Å². The van der Waals surface area contributed by atoms with Gasteiger partial charge in [-0.1, -0.05) is 35.0 Å². The van der Waals surface area contributed by atoms with Crippen molar-refractivity contribution in [2.45, 2.75) is 46.8 Å². The van der Waals surface area contributed by atoms with Crippen LogP contribution >= 0.6 is 11.3 Å². The normalized spacial score (nSPS) is 12.5. The number of nitrogens with zero attached hydrogens (tertiary/aromatic N) is 4. The number of hydrogen-bond acceptors (Lipinski definition) is 5. The molecule has 1 unspecified atom stereocenters. The topological polar surface area (TPSA) is 55.6 Å². The Hall–Kier alpha value is -2.05.